The van der Waals surface area contributed by atoms with Gasteiger partial charge in [-0.1, -0.05) is 80.6 Å². The molecule has 710 valence electrons. The van der Waals surface area contributed by atoms with E-state index in [1.54, 1.807) is 0 Å². The maximum Gasteiger partial charge on any atom is 0.330 e. The fourth-order valence-electron chi connectivity index (χ4n) is 7.14. The van der Waals surface area contributed by atoms with Crippen molar-refractivity contribution in [2.24, 2.45) is 0 Å². The molecule has 11 N–H and O–H groups in total. The van der Waals surface area contributed by atoms with E-state index in [0.717, 1.165) is 48.6 Å². The molecule has 0 bridgehead atoms. The predicted octanol–water partition coefficient (Wildman–Crippen LogP) is -3.03. The van der Waals surface area contributed by atoms with Gasteiger partial charge < -0.3 is 165 Å². The second kappa shape index (κ2) is 90.6. The summed E-state index contributed by atoms with van der Waals surface area (Å²) in [5, 5.41) is 106. The van der Waals surface area contributed by atoms with Gasteiger partial charge in [-0.25, -0.2) is 38.4 Å². The summed E-state index contributed by atoms with van der Waals surface area (Å²) in [5.41, 5.74) is 0. The number of Topliss-reactive ketones (excluding diaryl/α,β-unsaturated/α-hetero) is 2. The van der Waals surface area contributed by atoms with Gasteiger partial charge in [0.25, 0.3) is 0 Å². The Bertz CT molecular complexity index is 2720. The number of hydrogen-bond donors (Lipinski definition) is 11. The van der Waals surface area contributed by atoms with Crippen LogP contribution in [0.1, 0.15) is 27.7 Å². The van der Waals surface area contributed by atoms with E-state index >= 15 is 0 Å². The van der Waals surface area contributed by atoms with Crippen LogP contribution in [0.5, 0.6) is 0 Å². The Morgan fingerprint density at radius 1 is 0.228 bits per heavy atom. The van der Waals surface area contributed by atoms with Gasteiger partial charge in [0.1, 0.15) is 127 Å². The Labute approximate surface area is 715 Å². The predicted molar refractivity (Wildman–Crippen MR) is 430 cm³/mol. The van der Waals surface area contributed by atoms with E-state index in [2.05, 4.69) is 89.5 Å². The van der Waals surface area contributed by atoms with E-state index in [1.165, 1.54) is 12.5 Å². The van der Waals surface area contributed by atoms with Gasteiger partial charge in [-0.2, -0.15) is 0 Å². The maximum atomic E-state index is 12.5. The first-order valence-corrected chi connectivity index (χ1v) is 36.5. The first-order chi connectivity index (χ1) is 57.8. The highest BCUT2D eigenvalue weighted by atomic mass is 16.7. The summed E-state index contributed by atoms with van der Waals surface area (Å²) in [6.45, 7) is 32.8. The largest absolute Gasteiger partial charge is 0.499 e. The van der Waals surface area contributed by atoms with Crippen LogP contribution in [0.25, 0.3) is 0 Å². The van der Waals surface area contributed by atoms with E-state index < -0.39 is 178 Å². The molecule has 0 spiro atoms. The van der Waals surface area contributed by atoms with Gasteiger partial charge >= 0.3 is 47.8 Å². The van der Waals surface area contributed by atoms with E-state index in [4.69, 9.17) is 85.3 Å². The van der Waals surface area contributed by atoms with Crippen LogP contribution in [0.3, 0.4) is 0 Å². The Morgan fingerprint density at radius 3 is 0.683 bits per heavy atom. The number of ether oxygens (including phenoxy) is 22. The third-order valence-corrected chi connectivity index (χ3v) is 12.7. The molecule has 0 aromatic rings. The topological polar surface area (TPSA) is 613 Å². The number of carbonyl (C=O) groups is 11. The summed E-state index contributed by atoms with van der Waals surface area (Å²) in [4.78, 5) is 121. The molecule has 0 saturated heterocycles. The normalized spacial score (nSPS) is 13.5. The van der Waals surface area contributed by atoms with Crippen molar-refractivity contribution in [3.05, 3.63) is 127 Å². The highest BCUT2D eigenvalue weighted by molar-refractivity contribution is 6.05. The molecule has 0 amide bonds. The lowest BCUT2D eigenvalue weighted by atomic mass is 10.0. The fourth-order valence-corrected chi connectivity index (χ4v) is 7.14. The molecule has 44 nitrogen and oxygen atoms in total. The van der Waals surface area contributed by atoms with Gasteiger partial charge in [-0.05, 0) is 0 Å². The van der Waals surface area contributed by atoms with Gasteiger partial charge in [0.05, 0.1) is 163 Å². The smallest absolute Gasteiger partial charge is 0.330 e. The second-order valence-electron chi connectivity index (χ2n) is 23.3. The molecule has 0 saturated carbocycles. The lowest BCUT2D eigenvalue weighted by Crippen LogP contribution is -2.40. The van der Waals surface area contributed by atoms with Gasteiger partial charge in [-0.15, -0.1) is 0 Å². The van der Waals surface area contributed by atoms with Crippen LogP contribution in [0.2, 0.25) is 0 Å². The number of ketones is 2. The Hall–Kier alpha value is -9.15. The maximum absolute atomic E-state index is 12.5. The standard InChI is InChI=1S/C27H44O15.C21H28O12.C15H24O9.C13H24O7.CH2O.2CH4/c1-4-25(31)40-16-21(28)13-34-7-9-37-19-24(39-12-11-36-15-23(30)18-42-27(33)6-3)20-38-10-8-35-14-22(29)17-41-26(32)5-2;1-4-18(27)30-9-13(22)7-16(25)21(33-12-15(24)11-32-20(29)6-3)17(26)8-14(23)10-31-19(28)5-2;1-3-14(19)23-9-12(17)7-21-5-11(16)6-22-8-13(18)10-24-15(20)4-2;1-3-16-7-12(14)8-18-5-6-19-9-13(15)10-20-11-17-4-2;1-2;;/h4-6,21-24,28-30H,1-3,7-20H2;4-6,13-15,21-24H,1-3,7-12H2;3-4,11-13,16-18H,1-2,5-10H2;3-4,12-15H,1-2,5-11H2;1H2;2*1H4. The first-order valence-electron chi connectivity index (χ1n) is 36.5. The Balaban J connectivity index is -0.000000299. The summed E-state index contributed by atoms with van der Waals surface area (Å²) in [5.74, 6) is -7.59. The van der Waals surface area contributed by atoms with Gasteiger partial charge in [0.15, 0.2) is 24.5 Å². The molecule has 0 fully saturated rings. The summed E-state index contributed by atoms with van der Waals surface area (Å²) in [6, 6.07) is 0. The van der Waals surface area contributed by atoms with Crippen molar-refractivity contribution < 1.29 is 213 Å². The van der Waals surface area contributed by atoms with Crippen LogP contribution < -0.4 is 0 Å². The summed E-state index contributed by atoms with van der Waals surface area (Å²) >= 11 is 0. The molecule has 10 atom stereocenters. The third-order valence-electron chi connectivity index (χ3n) is 12.7. The molecule has 10 unspecified atom stereocenters. The van der Waals surface area contributed by atoms with Crippen molar-refractivity contribution in [1.82, 2.24) is 0 Å². The average molecular weight is 1780 g/mol. The van der Waals surface area contributed by atoms with E-state index in [1.807, 2.05) is 6.79 Å². The molecule has 0 aliphatic heterocycles. The third kappa shape index (κ3) is 89.0. The number of carbonyl (C=O) groups excluding carboxylic acids is 11. The lowest BCUT2D eigenvalue weighted by molar-refractivity contribution is -0.153. The zero-order valence-electron chi connectivity index (χ0n) is 67.8. The number of rotatable bonds is 76. The van der Waals surface area contributed by atoms with Crippen molar-refractivity contribution in [3.8, 4) is 0 Å². The second-order valence-corrected chi connectivity index (χ2v) is 23.3. The highest BCUT2D eigenvalue weighted by Gasteiger charge is 2.32. The zero-order valence-corrected chi connectivity index (χ0v) is 67.8. The van der Waals surface area contributed by atoms with Gasteiger partial charge in [-0.3, -0.25) is 9.59 Å². The van der Waals surface area contributed by atoms with Crippen molar-refractivity contribution in [2.75, 3.05) is 205 Å². The van der Waals surface area contributed by atoms with Gasteiger partial charge in [0.2, 0.25) is 0 Å². The number of esters is 8. The molecule has 0 aromatic carbocycles. The van der Waals surface area contributed by atoms with Crippen LogP contribution in [-0.4, -0.2) is 407 Å². The molecule has 123 heavy (non-hydrogen) atoms. The molecule has 0 radical (unpaired) electrons. The van der Waals surface area contributed by atoms with Crippen LogP contribution in [0.4, 0.5) is 0 Å². The lowest BCUT2D eigenvalue weighted by Gasteiger charge is -2.20. The minimum absolute atomic E-state index is 0. The molecule has 0 heterocycles. The van der Waals surface area contributed by atoms with Crippen LogP contribution in [-0.2, 0) is 157 Å². The molecule has 44 heteroatoms. The molecular formula is C79H130O44. The van der Waals surface area contributed by atoms with E-state index in [0.29, 0.717) is 13.2 Å². The van der Waals surface area contributed by atoms with Crippen molar-refractivity contribution in [2.45, 2.75) is 107 Å². The van der Waals surface area contributed by atoms with Crippen LogP contribution in [0.15, 0.2) is 127 Å². The number of hydrogen-bond acceptors (Lipinski definition) is 44. The fraction of sp³-hybridized carbons (Fsp3) is 0.608. The Morgan fingerprint density at radius 2 is 0.431 bits per heavy atom. The van der Waals surface area contributed by atoms with Crippen LogP contribution in [0, 0.1) is 0 Å². The molecule has 0 aliphatic rings. The average Bonchev–Trinajstić information content (AvgIpc) is 0.875. The van der Waals surface area contributed by atoms with E-state index in [-0.39, 0.29) is 180 Å². The SMILES string of the molecule is C.C.C=CC(=O)OCC(O)COC(C(=O)CC(O)COC(=O)C=C)C(=O)CC(O)COC(=O)C=C.C=CC(=O)OCC(O)COCC(O)COCC(O)COC(=O)C=C.C=CC(=O)OCC(O)COCCOCC(COCCOCC(O)COC(=O)C=C)OCCOCC(O)COC(=O)C=C.C=COCOCC(O)COCCOCC(O)COC=C.C=O. The number of aliphatic hydroxyl groups is 11. The summed E-state index contributed by atoms with van der Waals surface area (Å²) < 4.78 is 110. The minimum atomic E-state index is -1.83. The summed E-state index contributed by atoms with van der Waals surface area (Å²) in [6.07, 6.45) is -5.43. The molecule has 0 aliphatic carbocycles. The quantitative estimate of drug-likeness (QED) is 0.00549. The van der Waals surface area contributed by atoms with Gasteiger partial charge in [0, 0.05) is 61.4 Å². The first kappa shape index (κ1) is 127. The number of aliphatic hydroxyl groups excluding tert-OH is 11. The summed E-state index contributed by atoms with van der Waals surface area (Å²) in [7, 11) is 0. The van der Waals surface area contributed by atoms with Crippen LogP contribution >= 0.6 is 0 Å². The van der Waals surface area contributed by atoms with Crippen molar-refractivity contribution in [1.29, 1.82) is 0 Å². The van der Waals surface area contributed by atoms with E-state index in [9.17, 15) is 104 Å². The van der Waals surface area contributed by atoms with Crippen molar-refractivity contribution in [3.63, 3.8) is 0 Å². The zero-order chi connectivity index (χ0) is 92.2. The highest BCUT2D eigenvalue weighted by Crippen LogP contribution is 2.11. The molecule has 0 aromatic heterocycles. The Kier molecular flexibility index (Phi) is 93.5. The monoisotopic (exact) mass is 1780 g/mol. The minimum Gasteiger partial charge on any atom is -0.499 e. The van der Waals surface area contributed by atoms with Crippen molar-refractivity contribution >= 4 is 66.1 Å². The molecular weight excluding hydrogens is 1650 g/mol. The molecule has 0 rings (SSSR count).